The lowest BCUT2D eigenvalue weighted by molar-refractivity contribution is -0.143. The summed E-state index contributed by atoms with van der Waals surface area (Å²) in [6, 6.07) is 12.9. The van der Waals surface area contributed by atoms with Gasteiger partial charge >= 0.3 is 0 Å². The number of carbonyl (C=O) groups excluding carboxylic acids is 2. The standard InChI is InChI=1S/C26H35FN2O3/c1-7-23(25(31)28-26(4,5)6)29(16-19-8-12-21(27)13-9-19)24(30)17-32-22-14-10-20(11-15-22)18(2)3/h8-15,18,23H,7,16-17H2,1-6H3,(H,28,31)/t23-/m1/s1. The normalized spacial score (nSPS) is 12.4. The van der Waals surface area contributed by atoms with Gasteiger partial charge in [0.2, 0.25) is 5.91 Å². The first-order valence-electron chi connectivity index (χ1n) is 11.1. The fraction of sp³-hybridized carbons (Fsp3) is 0.462. The van der Waals surface area contributed by atoms with Crippen LogP contribution in [0.15, 0.2) is 48.5 Å². The van der Waals surface area contributed by atoms with Crippen LogP contribution in [-0.4, -0.2) is 34.9 Å². The van der Waals surface area contributed by atoms with Crippen LogP contribution in [0.2, 0.25) is 0 Å². The molecule has 0 aliphatic carbocycles. The molecule has 1 N–H and O–H groups in total. The second-order valence-corrected chi connectivity index (χ2v) is 9.32. The van der Waals surface area contributed by atoms with E-state index in [-0.39, 0.29) is 30.8 Å². The highest BCUT2D eigenvalue weighted by Crippen LogP contribution is 2.19. The van der Waals surface area contributed by atoms with Crippen LogP contribution in [0.5, 0.6) is 5.75 Å². The van der Waals surface area contributed by atoms with E-state index in [0.717, 1.165) is 5.56 Å². The molecule has 2 amide bonds. The highest BCUT2D eigenvalue weighted by molar-refractivity contribution is 5.88. The quantitative estimate of drug-likeness (QED) is 0.591. The molecule has 0 bridgehead atoms. The minimum atomic E-state index is -0.668. The summed E-state index contributed by atoms with van der Waals surface area (Å²) in [7, 11) is 0. The number of carbonyl (C=O) groups is 2. The van der Waals surface area contributed by atoms with Crippen molar-refractivity contribution in [3.8, 4) is 5.75 Å². The van der Waals surface area contributed by atoms with Crippen molar-refractivity contribution in [2.24, 2.45) is 0 Å². The van der Waals surface area contributed by atoms with Gasteiger partial charge in [-0.15, -0.1) is 0 Å². The third kappa shape index (κ3) is 7.66. The maximum atomic E-state index is 13.3. The highest BCUT2D eigenvalue weighted by atomic mass is 19.1. The van der Waals surface area contributed by atoms with Crippen LogP contribution in [-0.2, 0) is 16.1 Å². The number of amides is 2. The van der Waals surface area contributed by atoms with Crippen LogP contribution >= 0.6 is 0 Å². The van der Waals surface area contributed by atoms with Gasteiger partial charge in [0.15, 0.2) is 6.61 Å². The molecule has 32 heavy (non-hydrogen) atoms. The number of benzene rings is 2. The molecule has 0 aliphatic heterocycles. The number of halogens is 1. The molecule has 0 aromatic heterocycles. The summed E-state index contributed by atoms with van der Waals surface area (Å²) < 4.78 is 19.1. The van der Waals surface area contributed by atoms with Crippen molar-refractivity contribution in [2.45, 2.75) is 72.0 Å². The Labute approximate surface area is 191 Å². The lowest BCUT2D eigenvalue weighted by atomic mass is 10.0. The zero-order valence-electron chi connectivity index (χ0n) is 19.9. The Morgan fingerprint density at radius 1 is 1.03 bits per heavy atom. The molecule has 174 valence electrons. The fourth-order valence-electron chi connectivity index (χ4n) is 3.34. The summed E-state index contributed by atoms with van der Waals surface area (Å²) in [4.78, 5) is 27.6. The molecule has 0 radical (unpaired) electrons. The molecule has 0 saturated heterocycles. The van der Waals surface area contributed by atoms with E-state index >= 15 is 0 Å². The van der Waals surface area contributed by atoms with Crippen molar-refractivity contribution in [3.63, 3.8) is 0 Å². The maximum absolute atomic E-state index is 13.3. The molecular formula is C26H35FN2O3. The van der Waals surface area contributed by atoms with Crippen molar-refractivity contribution in [3.05, 3.63) is 65.5 Å². The molecule has 0 saturated carbocycles. The molecule has 2 rings (SSSR count). The molecule has 0 fully saturated rings. The average molecular weight is 443 g/mol. The number of hydrogen-bond acceptors (Lipinski definition) is 3. The summed E-state index contributed by atoms with van der Waals surface area (Å²) in [6.45, 7) is 11.8. The topological polar surface area (TPSA) is 58.6 Å². The van der Waals surface area contributed by atoms with E-state index in [1.165, 1.54) is 22.6 Å². The first-order valence-corrected chi connectivity index (χ1v) is 11.1. The predicted molar refractivity (Wildman–Crippen MR) is 125 cm³/mol. The Bertz CT molecular complexity index is 887. The van der Waals surface area contributed by atoms with Crippen molar-refractivity contribution < 1.29 is 18.7 Å². The molecular weight excluding hydrogens is 407 g/mol. The molecule has 1 atom stereocenters. The minimum absolute atomic E-state index is 0.185. The van der Waals surface area contributed by atoms with Gasteiger partial charge < -0.3 is 15.0 Å². The summed E-state index contributed by atoms with van der Waals surface area (Å²) >= 11 is 0. The summed E-state index contributed by atoms with van der Waals surface area (Å²) in [6.07, 6.45) is 0.442. The smallest absolute Gasteiger partial charge is 0.261 e. The molecule has 2 aromatic rings. The van der Waals surface area contributed by atoms with Crippen molar-refractivity contribution in [2.75, 3.05) is 6.61 Å². The molecule has 0 heterocycles. The van der Waals surface area contributed by atoms with Gasteiger partial charge in [0.05, 0.1) is 0 Å². The van der Waals surface area contributed by atoms with E-state index in [0.29, 0.717) is 18.1 Å². The van der Waals surface area contributed by atoms with E-state index in [1.54, 1.807) is 12.1 Å². The van der Waals surface area contributed by atoms with Crippen LogP contribution in [0, 0.1) is 5.82 Å². The monoisotopic (exact) mass is 442 g/mol. The average Bonchev–Trinajstić information content (AvgIpc) is 2.72. The van der Waals surface area contributed by atoms with E-state index in [1.807, 2.05) is 52.0 Å². The molecule has 5 nitrogen and oxygen atoms in total. The molecule has 0 spiro atoms. The molecule has 0 aliphatic rings. The van der Waals surface area contributed by atoms with E-state index in [2.05, 4.69) is 19.2 Å². The van der Waals surface area contributed by atoms with Crippen LogP contribution in [0.25, 0.3) is 0 Å². The van der Waals surface area contributed by atoms with Gasteiger partial charge in [0.1, 0.15) is 17.6 Å². The van der Waals surface area contributed by atoms with Gasteiger partial charge in [-0.3, -0.25) is 9.59 Å². The fourth-order valence-corrected chi connectivity index (χ4v) is 3.34. The third-order valence-electron chi connectivity index (χ3n) is 5.06. The number of hydrogen-bond donors (Lipinski definition) is 1. The lowest BCUT2D eigenvalue weighted by Gasteiger charge is -2.33. The second-order valence-electron chi connectivity index (χ2n) is 9.32. The second kappa shape index (κ2) is 11.1. The number of nitrogens with zero attached hydrogens (tertiary/aromatic N) is 1. The summed E-state index contributed by atoms with van der Waals surface area (Å²) in [5, 5.41) is 2.96. The van der Waals surface area contributed by atoms with Crippen LogP contribution < -0.4 is 10.1 Å². The summed E-state index contributed by atoms with van der Waals surface area (Å²) in [5.74, 6) is 0.118. The largest absolute Gasteiger partial charge is 0.484 e. The van der Waals surface area contributed by atoms with Crippen LogP contribution in [0.1, 0.15) is 65.0 Å². The van der Waals surface area contributed by atoms with Gasteiger partial charge in [0, 0.05) is 12.1 Å². The highest BCUT2D eigenvalue weighted by Gasteiger charge is 2.30. The minimum Gasteiger partial charge on any atom is -0.484 e. The first-order chi connectivity index (χ1) is 15.0. The third-order valence-corrected chi connectivity index (χ3v) is 5.06. The van der Waals surface area contributed by atoms with Gasteiger partial charge in [-0.05, 0) is 68.5 Å². The Hall–Kier alpha value is -2.89. The maximum Gasteiger partial charge on any atom is 0.261 e. The zero-order chi connectivity index (χ0) is 23.9. The number of nitrogens with one attached hydrogen (secondary N) is 1. The van der Waals surface area contributed by atoms with Gasteiger partial charge in [-0.2, -0.15) is 0 Å². The molecule has 0 unspecified atom stereocenters. The van der Waals surface area contributed by atoms with Gasteiger partial charge in [-0.25, -0.2) is 4.39 Å². The van der Waals surface area contributed by atoms with Crippen molar-refractivity contribution in [1.29, 1.82) is 0 Å². The van der Waals surface area contributed by atoms with Crippen molar-refractivity contribution >= 4 is 11.8 Å². The summed E-state index contributed by atoms with van der Waals surface area (Å²) in [5.41, 5.74) is 1.50. The predicted octanol–water partition coefficient (Wildman–Crippen LogP) is 5.05. The first kappa shape index (κ1) is 25.4. The van der Waals surface area contributed by atoms with E-state index in [9.17, 15) is 14.0 Å². The zero-order valence-corrected chi connectivity index (χ0v) is 19.9. The molecule has 2 aromatic carbocycles. The Kier molecular flexibility index (Phi) is 8.81. The number of rotatable bonds is 9. The van der Waals surface area contributed by atoms with E-state index < -0.39 is 11.6 Å². The Morgan fingerprint density at radius 3 is 2.12 bits per heavy atom. The van der Waals surface area contributed by atoms with Crippen LogP contribution in [0.3, 0.4) is 0 Å². The lowest BCUT2D eigenvalue weighted by Crippen LogP contribution is -2.54. The SMILES string of the molecule is CC[C@H](C(=O)NC(C)(C)C)N(Cc1ccc(F)cc1)C(=O)COc1ccc(C(C)C)cc1. The Balaban J connectivity index is 2.20. The van der Waals surface area contributed by atoms with Gasteiger partial charge in [0.25, 0.3) is 5.91 Å². The van der Waals surface area contributed by atoms with Crippen LogP contribution in [0.4, 0.5) is 4.39 Å². The Morgan fingerprint density at radius 2 is 1.62 bits per heavy atom. The van der Waals surface area contributed by atoms with E-state index in [4.69, 9.17) is 4.74 Å². The van der Waals surface area contributed by atoms with Gasteiger partial charge in [-0.1, -0.05) is 45.0 Å². The van der Waals surface area contributed by atoms with Crippen molar-refractivity contribution in [1.82, 2.24) is 10.2 Å². The molecule has 6 heteroatoms. The number of ether oxygens (including phenoxy) is 1.